The Morgan fingerprint density at radius 2 is 2.07 bits per heavy atom. The molecule has 0 spiro atoms. The third-order valence-electron chi connectivity index (χ3n) is 4.64. The van der Waals surface area contributed by atoms with Crippen LogP contribution in [-0.4, -0.2) is 31.6 Å². The molecule has 1 aromatic carbocycles. The van der Waals surface area contributed by atoms with Gasteiger partial charge in [-0.15, -0.1) is 0 Å². The lowest BCUT2D eigenvalue weighted by molar-refractivity contribution is 0.174. The van der Waals surface area contributed by atoms with Gasteiger partial charge in [0.25, 0.3) is 0 Å². The second kappa shape index (κ2) is 6.01. The van der Waals surface area contributed by atoms with Crippen molar-refractivity contribution in [3.63, 3.8) is 0 Å². The van der Waals surface area contributed by atoms with Gasteiger partial charge in [0.05, 0.1) is 0 Å². The number of hydrogen-bond donors (Lipinski definition) is 2. The fraction of sp³-hybridized carbons (Fsp3) is 0.211. The molecule has 0 saturated heterocycles. The molecule has 4 heterocycles. The van der Waals surface area contributed by atoms with Crippen molar-refractivity contribution < 1.29 is 9.47 Å². The normalized spacial score (nSPS) is 13.9. The summed E-state index contributed by atoms with van der Waals surface area (Å²) in [6, 6.07) is 11.8. The summed E-state index contributed by atoms with van der Waals surface area (Å²) in [5.41, 5.74) is 2.93. The number of fused-ring (bicyclic) bond motifs is 2. The van der Waals surface area contributed by atoms with E-state index in [4.69, 9.17) is 14.5 Å². The van der Waals surface area contributed by atoms with Crippen LogP contribution in [0, 0.1) is 6.92 Å². The minimum Gasteiger partial charge on any atom is -0.454 e. The third kappa shape index (κ3) is 2.75. The molecule has 1 aliphatic heterocycles. The van der Waals surface area contributed by atoms with Gasteiger partial charge in [-0.1, -0.05) is 13.0 Å². The number of nitrogens with one attached hydrogen (secondary N) is 2. The van der Waals surface area contributed by atoms with E-state index in [1.807, 2.05) is 54.0 Å². The molecular formula is C19H18N6O2. The van der Waals surface area contributed by atoms with E-state index in [2.05, 4.69) is 27.5 Å². The first-order chi connectivity index (χ1) is 13.2. The van der Waals surface area contributed by atoms with Crippen LogP contribution in [0.1, 0.15) is 29.9 Å². The molecule has 8 heteroatoms. The number of ether oxygens (including phenoxy) is 2. The second-order valence-corrected chi connectivity index (χ2v) is 6.55. The highest BCUT2D eigenvalue weighted by Crippen LogP contribution is 2.36. The average Bonchev–Trinajstić information content (AvgIpc) is 3.40. The summed E-state index contributed by atoms with van der Waals surface area (Å²) < 4.78 is 12.7. The molecule has 0 radical (unpaired) electrons. The Labute approximate surface area is 155 Å². The molecule has 0 saturated carbocycles. The number of aryl methyl sites for hydroxylation is 1. The van der Waals surface area contributed by atoms with Crippen molar-refractivity contribution in [3.05, 3.63) is 59.7 Å². The van der Waals surface area contributed by atoms with E-state index in [0.29, 0.717) is 11.6 Å². The van der Waals surface area contributed by atoms with Gasteiger partial charge in [-0.2, -0.15) is 10.2 Å². The minimum absolute atomic E-state index is 0.0206. The van der Waals surface area contributed by atoms with Crippen LogP contribution in [-0.2, 0) is 0 Å². The van der Waals surface area contributed by atoms with Gasteiger partial charge in [0, 0.05) is 23.9 Å². The lowest BCUT2D eigenvalue weighted by atomic mass is 10.00. The maximum atomic E-state index is 5.50. The molecule has 136 valence electrons. The fourth-order valence-electron chi connectivity index (χ4n) is 3.16. The number of nitrogens with zero attached hydrogens (tertiary/aromatic N) is 4. The van der Waals surface area contributed by atoms with Gasteiger partial charge in [0.15, 0.2) is 29.0 Å². The number of H-pyrrole nitrogens is 1. The van der Waals surface area contributed by atoms with Gasteiger partial charge >= 0.3 is 0 Å². The quantitative estimate of drug-likeness (QED) is 0.578. The lowest BCUT2D eigenvalue weighted by Crippen LogP contribution is -2.09. The smallest absolute Gasteiger partial charge is 0.231 e. The second-order valence-electron chi connectivity index (χ2n) is 6.55. The number of anilines is 2. The highest BCUT2D eigenvalue weighted by Gasteiger charge is 2.20. The van der Waals surface area contributed by atoms with E-state index >= 15 is 0 Å². The summed E-state index contributed by atoms with van der Waals surface area (Å²) in [4.78, 5) is 4.78. The highest BCUT2D eigenvalue weighted by molar-refractivity contribution is 5.72. The van der Waals surface area contributed by atoms with E-state index in [1.54, 1.807) is 0 Å². The standard InChI is InChI=1S/C19H18N6O2/c1-11-8-17(23-22-11)20-19-14-4-3-7-25(14)24-18(21-19)12(2)13-5-6-15-16(9-13)27-10-26-15/h3-9,12H,10H2,1-2H3,(H2,20,21,22,23,24). The zero-order valence-electron chi connectivity index (χ0n) is 14.9. The Morgan fingerprint density at radius 1 is 1.19 bits per heavy atom. The maximum absolute atomic E-state index is 5.50. The summed E-state index contributed by atoms with van der Waals surface area (Å²) in [7, 11) is 0. The van der Waals surface area contributed by atoms with Crippen LogP contribution in [0.5, 0.6) is 11.5 Å². The average molecular weight is 362 g/mol. The zero-order valence-corrected chi connectivity index (χ0v) is 14.9. The van der Waals surface area contributed by atoms with Crippen molar-refractivity contribution >= 4 is 17.2 Å². The fourth-order valence-corrected chi connectivity index (χ4v) is 3.16. The van der Waals surface area contributed by atoms with Gasteiger partial charge in [-0.3, -0.25) is 5.10 Å². The summed E-state index contributed by atoms with van der Waals surface area (Å²) in [5, 5.41) is 15.1. The number of hydrogen-bond acceptors (Lipinski definition) is 6. The molecule has 5 rings (SSSR count). The molecule has 0 amide bonds. The largest absolute Gasteiger partial charge is 0.454 e. The van der Waals surface area contributed by atoms with E-state index in [9.17, 15) is 0 Å². The molecule has 0 aliphatic carbocycles. The Kier molecular flexibility index (Phi) is 3.49. The first-order valence-electron chi connectivity index (χ1n) is 8.71. The predicted octanol–water partition coefficient (Wildman–Crippen LogP) is 3.38. The minimum atomic E-state index is -0.0206. The first-order valence-corrected chi connectivity index (χ1v) is 8.71. The highest BCUT2D eigenvalue weighted by atomic mass is 16.7. The van der Waals surface area contributed by atoms with E-state index in [0.717, 1.165) is 34.1 Å². The molecule has 27 heavy (non-hydrogen) atoms. The summed E-state index contributed by atoms with van der Waals surface area (Å²) in [6.07, 6.45) is 1.91. The number of aromatic amines is 1. The molecule has 2 N–H and O–H groups in total. The van der Waals surface area contributed by atoms with Crippen molar-refractivity contribution in [2.45, 2.75) is 19.8 Å². The summed E-state index contributed by atoms with van der Waals surface area (Å²) in [6.45, 7) is 4.29. The molecule has 3 aromatic heterocycles. The molecular weight excluding hydrogens is 344 g/mol. The Hall–Kier alpha value is -3.55. The predicted molar refractivity (Wildman–Crippen MR) is 99.7 cm³/mol. The van der Waals surface area contributed by atoms with Crippen LogP contribution >= 0.6 is 0 Å². The SMILES string of the molecule is Cc1cc(Nc2nc(C(C)c3ccc4c(c3)OCO4)nn3cccc23)n[nH]1. The van der Waals surface area contributed by atoms with Gasteiger partial charge in [-0.05, 0) is 36.8 Å². The third-order valence-corrected chi connectivity index (χ3v) is 4.64. The lowest BCUT2D eigenvalue weighted by Gasteiger charge is -2.14. The van der Waals surface area contributed by atoms with E-state index < -0.39 is 0 Å². The van der Waals surface area contributed by atoms with Crippen molar-refractivity contribution in [2.75, 3.05) is 12.1 Å². The molecule has 8 nitrogen and oxygen atoms in total. The molecule has 1 aliphatic rings. The van der Waals surface area contributed by atoms with Crippen LogP contribution < -0.4 is 14.8 Å². The first kappa shape index (κ1) is 15.7. The Morgan fingerprint density at radius 3 is 2.93 bits per heavy atom. The zero-order chi connectivity index (χ0) is 18.4. The van der Waals surface area contributed by atoms with E-state index in [1.165, 1.54) is 0 Å². The van der Waals surface area contributed by atoms with E-state index in [-0.39, 0.29) is 12.7 Å². The molecule has 4 aromatic rings. The van der Waals surface area contributed by atoms with Gasteiger partial charge in [0.1, 0.15) is 5.52 Å². The number of benzene rings is 1. The molecule has 0 fully saturated rings. The van der Waals surface area contributed by atoms with Crippen molar-refractivity contribution in [2.24, 2.45) is 0 Å². The Balaban J connectivity index is 1.54. The molecule has 0 bridgehead atoms. The van der Waals surface area contributed by atoms with Crippen LogP contribution in [0.15, 0.2) is 42.6 Å². The van der Waals surface area contributed by atoms with Crippen LogP contribution in [0.25, 0.3) is 5.52 Å². The van der Waals surface area contributed by atoms with Gasteiger partial charge < -0.3 is 14.8 Å². The van der Waals surface area contributed by atoms with Gasteiger partial charge in [-0.25, -0.2) is 9.50 Å². The number of aromatic nitrogens is 5. The topological polar surface area (TPSA) is 89.4 Å². The summed E-state index contributed by atoms with van der Waals surface area (Å²) >= 11 is 0. The van der Waals surface area contributed by atoms with Crippen LogP contribution in [0.4, 0.5) is 11.6 Å². The number of rotatable bonds is 4. The van der Waals surface area contributed by atoms with Crippen LogP contribution in [0.2, 0.25) is 0 Å². The summed E-state index contributed by atoms with van der Waals surface area (Å²) in [5.74, 6) is 3.64. The monoisotopic (exact) mass is 362 g/mol. The molecule has 1 atom stereocenters. The Bertz CT molecular complexity index is 1130. The van der Waals surface area contributed by atoms with Crippen molar-refractivity contribution in [1.82, 2.24) is 24.8 Å². The van der Waals surface area contributed by atoms with Gasteiger partial charge in [0.2, 0.25) is 6.79 Å². The van der Waals surface area contributed by atoms with Crippen molar-refractivity contribution in [3.8, 4) is 11.5 Å². The van der Waals surface area contributed by atoms with Crippen LogP contribution in [0.3, 0.4) is 0 Å². The maximum Gasteiger partial charge on any atom is 0.231 e. The van der Waals surface area contributed by atoms with Crippen molar-refractivity contribution in [1.29, 1.82) is 0 Å². The molecule has 1 unspecified atom stereocenters.